The van der Waals surface area contributed by atoms with Crippen molar-refractivity contribution in [2.75, 3.05) is 13.1 Å². The number of nitroso groups, excluding NO2 is 1. The van der Waals surface area contributed by atoms with Gasteiger partial charge < -0.3 is 10.1 Å². The van der Waals surface area contributed by atoms with Crippen LogP contribution in [0.4, 0.5) is 0 Å². The van der Waals surface area contributed by atoms with Gasteiger partial charge in [0.25, 0.3) is 0 Å². The molecule has 0 bridgehead atoms. The molecule has 1 aliphatic rings. The number of carbonyl (C=O) groups is 1. The highest BCUT2D eigenvalue weighted by Gasteiger charge is 2.25. The third-order valence-corrected chi connectivity index (χ3v) is 3.01. The van der Waals surface area contributed by atoms with Gasteiger partial charge in [0, 0.05) is 24.7 Å². The van der Waals surface area contributed by atoms with E-state index in [1.54, 1.807) is 6.92 Å². The number of aromatic carboxylic acids is 1. The van der Waals surface area contributed by atoms with Crippen LogP contribution < -0.4 is 0 Å². The maximum Gasteiger partial charge on any atom is 0.356 e. The lowest BCUT2D eigenvalue weighted by atomic mass is 9.99. The molecule has 0 aliphatic carbocycles. The van der Waals surface area contributed by atoms with Gasteiger partial charge in [-0.15, -0.1) is 4.91 Å². The van der Waals surface area contributed by atoms with Gasteiger partial charge in [0.05, 0.1) is 5.29 Å². The number of H-pyrrole nitrogens is 1. The van der Waals surface area contributed by atoms with Crippen molar-refractivity contribution in [1.29, 1.82) is 0 Å². The number of aromatic amines is 1. The molecule has 2 rings (SSSR count). The number of hydrogen-bond acceptors (Lipinski definition) is 4. The zero-order valence-electron chi connectivity index (χ0n) is 9.51. The Bertz CT molecular complexity index is 443. The average molecular weight is 238 g/mol. The van der Waals surface area contributed by atoms with Gasteiger partial charge in [-0.3, -0.25) is 5.01 Å². The lowest BCUT2D eigenvalue weighted by molar-refractivity contribution is 0.0690. The Kier molecular flexibility index (Phi) is 3.08. The molecule has 0 saturated carbocycles. The molecule has 0 radical (unpaired) electrons. The van der Waals surface area contributed by atoms with E-state index in [0.717, 1.165) is 12.8 Å². The predicted molar refractivity (Wildman–Crippen MR) is 59.6 cm³/mol. The lowest BCUT2D eigenvalue weighted by Crippen LogP contribution is -2.30. The van der Waals surface area contributed by atoms with Crippen molar-refractivity contribution in [2.45, 2.75) is 25.7 Å². The second-order valence-corrected chi connectivity index (χ2v) is 4.23. The molecule has 2 heterocycles. The van der Waals surface area contributed by atoms with Crippen molar-refractivity contribution in [1.82, 2.24) is 15.0 Å². The van der Waals surface area contributed by atoms with Crippen molar-refractivity contribution in [3.05, 3.63) is 22.1 Å². The minimum Gasteiger partial charge on any atom is -0.476 e. The number of carboxylic acids is 1. The first-order valence-corrected chi connectivity index (χ1v) is 5.50. The highest BCUT2D eigenvalue weighted by molar-refractivity contribution is 5.86. The fourth-order valence-electron chi connectivity index (χ4n) is 2.14. The number of imidazole rings is 1. The molecule has 0 amide bonds. The zero-order chi connectivity index (χ0) is 12.4. The molecule has 1 saturated heterocycles. The highest BCUT2D eigenvalue weighted by atomic mass is 16.4. The van der Waals surface area contributed by atoms with E-state index in [-0.39, 0.29) is 11.6 Å². The molecule has 1 aromatic heterocycles. The van der Waals surface area contributed by atoms with Gasteiger partial charge in [0.1, 0.15) is 5.82 Å². The number of aryl methyl sites for hydroxylation is 1. The van der Waals surface area contributed by atoms with E-state index in [0.29, 0.717) is 24.6 Å². The van der Waals surface area contributed by atoms with Crippen LogP contribution in [0.15, 0.2) is 5.29 Å². The van der Waals surface area contributed by atoms with Crippen molar-refractivity contribution in [3.8, 4) is 0 Å². The van der Waals surface area contributed by atoms with Gasteiger partial charge >= 0.3 is 5.97 Å². The number of aromatic nitrogens is 2. The summed E-state index contributed by atoms with van der Waals surface area (Å²) in [6.45, 7) is 2.83. The van der Waals surface area contributed by atoms with E-state index < -0.39 is 5.97 Å². The van der Waals surface area contributed by atoms with Crippen molar-refractivity contribution in [2.24, 2.45) is 5.29 Å². The normalized spacial score (nSPS) is 20.3. The third kappa shape index (κ3) is 2.27. The van der Waals surface area contributed by atoms with E-state index in [9.17, 15) is 9.70 Å². The Morgan fingerprint density at radius 1 is 1.65 bits per heavy atom. The van der Waals surface area contributed by atoms with Crippen LogP contribution in [0.1, 0.15) is 40.8 Å². The van der Waals surface area contributed by atoms with E-state index in [2.05, 4.69) is 15.3 Å². The second kappa shape index (κ2) is 4.52. The minimum atomic E-state index is -1.04. The molecule has 1 atom stereocenters. The summed E-state index contributed by atoms with van der Waals surface area (Å²) in [4.78, 5) is 28.4. The summed E-state index contributed by atoms with van der Waals surface area (Å²) in [6.07, 6.45) is 1.75. The third-order valence-electron chi connectivity index (χ3n) is 3.01. The molecule has 1 fully saturated rings. The lowest BCUT2D eigenvalue weighted by Gasteiger charge is -2.26. The van der Waals surface area contributed by atoms with Crippen molar-refractivity contribution < 1.29 is 9.90 Å². The van der Waals surface area contributed by atoms with Crippen LogP contribution in [0.3, 0.4) is 0 Å². The molecule has 1 aromatic rings. The standard InChI is InChI=1S/C10H14N4O3/c1-6-8(10(15)16)12-9(11-6)7-3-2-4-14(5-7)13-17/h7H,2-5H2,1H3,(H,11,12)(H,15,16). The van der Waals surface area contributed by atoms with Gasteiger partial charge in [0.2, 0.25) is 0 Å². The van der Waals surface area contributed by atoms with Gasteiger partial charge in [-0.2, -0.15) is 0 Å². The van der Waals surface area contributed by atoms with E-state index >= 15 is 0 Å². The first-order chi connectivity index (χ1) is 8.11. The van der Waals surface area contributed by atoms with Crippen LogP contribution in [0.25, 0.3) is 0 Å². The van der Waals surface area contributed by atoms with Crippen LogP contribution in [0, 0.1) is 11.8 Å². The van der Waals surface area contributed by atoms with Crippen LogP contribution in [0.5, 0.6) is 0 Å². The van der Waals surface area contributed by atoms with Crippen LogP contribution >= 0.6 is 0 Å². The number of hydrogen-bond donors (Lipinski definition) is 2. The topological polar surface area (TPSA) is 98.7 Å². The molecule has 7 nitrogen and oxygen atoms in total. The number of nitrogens with zero attached hydrogens (tertiary/aromatic N) is 3. The number of carboxylic acid groups (broad SMARTS) is 1. The van der Waals surface area contributed by atoms with E-state index in [4.69, 9.17) is 5.11 Å². The summed E-state index contributed by atoms with van der Waals surface area (Å²) in [6, 6.07) is 0. The van der Waals surface area contributed by atoms with Gasteiger partial charge in [-0.1, -0.05) is 0 Å². The minimum absolute atomic E-state index is 0.0493. The molecule has 92 valence electrons. The Morgan fingerprint density at radius 3 is 3.00 bits per heavy atom. The Morgan fingerprint density at radius 2 is 2.41 bits per heavy atom. The summed E-state index contributed by atoms with van der Waals surface area (Å²) in [5, 5.41) is 13.3. The highest BCUT2D eigenvalue weighted by Crippen LogP contribution is 2.25. The van der Waals surface area contributed by atoms with Crippen LogP contribution in [-0.4, -0.2) is 39.1 Å². The number of rotatable bonds is 3. The Balaban J connectivity index is 2.19. The predicted octanol–water partition coefficient (Wildman–Crippen LogP) is 1.28. The zero-order valence-corrected chi connectivity index (χ0v) is 9.51. The maximum absolute atomic E-state index is 10.9. The van der Waals surface area contributed by atoms with Gasteiger partial charge in [-0.25, -0.2) is 9.78 Å². The van der Waals surface area contributed by atoms with E-state index in [1.165, 1.54) is 5.01 Å². The molecular weight excluding hydrogens is 224 g/mol. The monoisotopic (exact) mass is 238 g/mol. The molecule has 1 unspecified atom stereocenters. The SMILES string of the molecule is Cc1[nH]c(C2CCCN(N=O)C2)nc1C(=O)O. The Hall–Kier alpha value is -1.92. The smallest absolute Gasteiger partial charge is 0.356 e. The second-order valence-electron chi connectivity index (χ2n) is 4.23. The summed E-state index contributed by atoms with van der Waals surface area (Å²) in [5.41, 5.74) is 0.597. The summed E-state index contributed by atoms with van der Waals surface area (Å²) >= 11 is 0. The van der Waals surface area contributed by atoms with Gasteiger partial charge in [-0.05, 0) is 19.8 Å². The van der Waals surface area contributed by atoms with Gasteiger partial charge in [0.15, 0.2) is 5.69 Å². The fraction of sp³-hybridized carbons (Fsp3) is 0.600. The Labute approximate surface area is 97.8 Å². The maximum atomic E-state index is 10.9. The fourth-order valence-corrected chi connectivity index (χ4v) is 2.14. The molecule has 7 heteroatoms. The molecule has 0 spiro atoms. The number of nitrogens with one attached hydrogen (secondary N) is 1. The average Bonchev–Trinajstić information content (AvgIpc) is 2.71. The molecular formula is C10H14N4O3. The molecule has 1 aliphatic heterocycles. The first-order valence-electron chi connectivity index (χ1n) is 5.50. The quantitative estimate of drug-likeness (QED) is 0.773. The largest absolute Gasteiger partial charge is 0.476 e. The summed E-state index contributed by atoms with van der Waals surface area (Å²) in [7, 11) is 0. The molecule has 0 aromatic carbocycles. The summed E-state index contributed by atoms with van der Waals surface area (Å²) < 4.78 is 0. The van der Waals surface area contributed by atoms with Crippen LogP contribution in [-0.2, 0) is 0 Å². The van der Waals surface area contributed by atoms with Crippen molar-refractivity contribution in [3.63, 3.8) is 0 Å². The van der Waals surface area contributed by atoms with Crippen LogP contribution in [0.2, 0.25) is 0 Å². The summed E-state index contributed by atoms with van der Waals surface area (Å²) in [5.74, 6) is -0.354. The van der Waals surface area contributed by atoms with E-state index in [1.807, 2.05) is 0 Å². The first kappa shape index (κ1) is 11.6. The number of piperidine rings is 1. The molecule has 17 heavy (non-hydrogen) atoms. The molecule has 2 N–H and O–H groups in total. The van der Waals surface area contributed by atoms with Crippen molar-refractivity contribution >= 4 is 5.97 Å².